The van der Waals surface area contributed by atoms with Gasteiger partial charge in [0, 0.05) is 0 Å². The van der Waals surface area contributed by atoms with Crippen LogP contribution in [0.25, 0.3) is 0 Å². The Kier molecular flexibility index (Phi) is 4.47. The number of aliphatic hydroxyl groups excluding tert-OH is 2. The molecule has 0 saturated carbocycles. The number of carbonyl (C=O) groups excluding carboxylic acids is 3. The molecule has 0 aromatic rings. The minimum Gasteiger partial charge on any atom is -1.00 e. The predicted octanol–water partition coefficient (Wildman–Crippen LogP) is -2.75. The van der Waals surface area contributed by atoms with Crippen LogP contribution in [0.1, 0.15) is 2.85 Å². The van der Waals surface area contributed by atoms with Crippen LogP contribution in [0.4, 0.5) is 0 Å². The summed E-state index contributed by atoms with van der Waals surface area (Å²) in [5, 5.41) is 17.2. The Morgan fingerprint density at radius 1 is 1.46 bits per heavy atom. The van der Waals surface area contributed by atoms with Gasteiger partial charge in [-0.05, 0) is 0 Å². The molecule has 0 spiro atoms. The summed E-state index contributed by atoms with van der Waals surface area (Å²) in [7, 11) is 0. The topological polar surface area (TPSA) is 101 Å². The van der Waals surface area contributed by atoms with Crippen LogP contribution in [0.2, 0.25) is 0 Å². The second kappa shape index (κ2) is 4.65. The van der Waals surface area contributed by atoms with Crippen LogP contribution in [0.5, 0.6) is 0 Å². The summed E-state index contributed by atoms with van der Waals surface area (Å²) in [6, 6.07) is 0. The summed E-state index contributed by atoms with van der Waals surface area (Å²) in [4.78, 5) is 31.7. The number of cyclic esters (lactones) is 1. The number of hydrogen-bond donors (Lipinski definition) is 2. The number of rotatable bonds is 2. The maximum atomic E-state index is 10.7. The van der Waals surface area contributed by atoms with E-state index in [1.54, 1.807) is 0 Å². The second-order valence-electron chi connectivity index (χ2n) is 2.27. The van der Waals surface area contributed by atoms with E-state index in [0.29, 0.717) is 0 Å². The molecule has 0 aromatic heterocycles. The average Bonchev–Trinajstić information content (AvgIpc) is 2.32. The zero-order valence-electron chi connectivity index (χ0n) is 8.60. The molecule has 0 aromatic carbocycles. The first kappa shape index (κ1) is 12.5. The van der Waals surface area contributed by atoms with Crippen molar-refractivity contribution in [2.24, 2.45) is 0 Å². The molecule has 0 radical (unpaired) electrons. The number of ether oxygens (including phenoxy) is 1. The summed E-state index contributed by atoms with van der Waals surface area (Å²) in [6.07, 6.45) is -3.05. The summed E-state index contributed by atoms with van der Waals surface area (Å²) in [5.74, 6) is -3.67. The summed E-state index contributed by atoms with van der Waals surface area (Å²) >= 11 is 0. The molecule has 2 N–H and O–H groups in total. The third-order valence-electron chi connectivity index (χ3n) is 1.44. The number of aliphatic hydroxyl groups is 2. The van der Waals surface area contributed by atoms with E-state index in [-0.39, 0.29) is 25.9 Å². The van der Waals surface area contributed by atoms with E-state index in [1.807, 2.05) is 0 Å². The van der Waals surface area contributed by atoms with Crippen LogP contribution in [-0.4, -0.2) is 69.6 Å². The minimum atomic E-state index is -1.53. The molecule has 1 aliphatic rings. The van der Waals surface area contributed by atoms with Crippen molar-refractivity contribution in [3.05, 3.63) is 0 Å². The normalized spacial score (nSPS) is 23.8. The molecule has 6 nitrogen and oxygen atoms in total. The molecule has 0 unspecified atom stereocenters. The van der Waals surface area contributed by atoms with Crippen LogP contribution >= 0.6 is 0 Å². The Hall–Kier alpha value is -0.504. The molecule has 0 aliphatic carbocycles. The standard InChI is InChI=1S/C6H6O6.Mg.2H/c7-1-2(8)5-3(9)4(10)6(11)12-5;;;/h2,5,7-8H,1H2;;;/q;+2;2*-1/t2-,5+;;;/m0.../s1. The van der Waals surface area contributed by atoms with Gasteiger partial charge in [0.1, 0.15) is 6.10 Å². The summed E-state index contributed by atoms with van der Waals surface area (Å²) in [5.41, 5.74) is 0. The molecule has 13 heavy (non-hydrogen) atoms. The first-order valence-electron chi connectivity index (χ1n) is 3.16. The molecule has 1 heterocycles. The van der Waals surface area contributed by atoms with Gasteiger partial charge in [0.15, 0.2) is 6.10 Å². The monoisotopic (exact) mass is 200 g/mol. The zero-order chi connectivity index (χ0) is 9.30. The van der Waals surface area contributed by atoms with Crippen LogP contribution < -0.4 is 0 Å². The van der Waals surface area contributed by atoms with Gasteiger partial charge in [-0.1, -0.05) is 0 Å². The van der Waals surface area contributed by atoms with Crippen LogP contribution in [0, 0.1) is 0 Å². The Balaban J connectivity index is -0.000000480. The maximum absolute atomic E-state index is 10.7. The van der Waals surface area contributed by atoms with Crippen LogP contribution in [-0.2, 0) is 19.1 Å². The Bertz CT molecular complexity index is 258. The SMILES string of the molecule is O=C1O[C@H]([C@@H](O)CO)C(=O)C1=O.[H-].[H-].[Mg+2]. The zero-order valence-corrected chi connectivity index (χ0v) is 8.01. The van der Waals surface area contributed by atoms with E-state index in [0.717, 1.165) is 0 Å². The van der Waals surface area contributed by atoms with Gasteiger partial charge in [-0.3, -0.25) is 9.59 Å². The molecule has 1 aliphatic heterocycles. The largest absolute Gasteiger partial charge is 2.00 e. The number of hydrogen-bond acceptors (Lipinski definition) is 6. The van der Waals surface area contributed by atoms with Crippen molar-refractivity contribution in [2.45, 2.75) is 12.2 Å². The first-order valence-corrected chi connectivity index (χ1v) is 3.16. The second-order valence-corrected chi connectivity index (χ2v) is 2.27. The Morgan fingerprint density at radius 2 is 2.00 bits per heavy atom. The predicted molar refractivity (Wildman–Crippen MR) is 41.0 cm³/mol. The molecule has 70 valence electrons. The van der Waals surface area contributed by atoms with E-state index in [1.165, 1.54) is 0 Å². The average molecular weight is 200 g/mol. The summed E-state index contributed by atoms with van der Waals surface area (Å²) < 4.78 is 4.19. The van der Waals surface area contributed by atoms with Crippen molar-refractivity contribution >= 4 is 40.6 Å². The van der Waals surface area contributed by atoms with Gasteiger partial charge < -0.3 is 17.8 Å². The van der Waals surface area contributed by atoms with Gasteiger partial charge in [-0.25, -0.2) is 4.79 Å². The minimum absolute atomic E-state index is 0. The fraction of sp³-hybridized carbons (Fsp3) is 0.500. The smallest absolute Gasteiger partial charge is 1.00 e. The van der Waals surface area contributed by atoms with Gasteiger partial charge >= 0.3 is 34.8 Å². The van der Waals surface area contributed by atoms with Crippen molar-refractivity contribution in [3.8, 4) is 0 Å². The van der Waals surface area contributed by atoms with Crippen molar-refractivity contribution in [1.29, 1.82) is 0 Å². The van der Waals surface area contributed by atoms with Gasteiger partial charge in [-0.2, -0.15) is 0 Å². The van der Waals surface area contributed by atoms with Gasteiger partial charge in [0.05, 0.1) is 6.61 Å². The third kappa shape index (κ3) is 2.24. The van der Waals surface area contributed by atoms with E-state index in [2.05, 4.69) is 4.74 Å². The molecule has 7 heteroatoms. The molecule has 0 bridgehead atoms. The van der Waals surface area contributed by atoms with Crippen molar-refractivity contribution in [2.75, 3.05) is 6.61 Å². The molecular weight excluding hydrogens is 192 g/mol. The van der Waals surface area contributed by atoms with Crippen molar-refractivity contribution < 1.29 is 32.2 Å². The number of Topliss-reactive ketones (excluding diaryl/α,β-unsaturated/α-hetero) is 2. The van der Waals surface area contributed by atoms with E-state index in [9.17, 15) is 14.4 Å². The van der Waals surface area contributed by atoms with Crippen molar-refractivity contribution in [1.82, 2.24) is 0 Å². The quantitative estimate of drug-likeness (QED) is 0.285. The van der Waals surface area contributed by atoms with Gasteiger partial charge in [0.2, 0.25) is 0 Å². The van der Waals surface area contributed by atoms with Gasteiger partial charge in [-0.15, -0.1) is 0 Å². The van der Waals surface area contributed by atoms with E-state index < -0.39 is 36.4 Å². The Morgan fingerprint density at radius 3 is 2.31 bits per heavy atom. The first-order chi connectivity index (χ1) is 5.57. The van der Waals surface area contributed by atoms with E-state index in [4.69, 9.17) is 10.2 Å². The van der Waals surface area contributed by atoms with Crippen molar-refractivity contribution in [3.63, 3.8) is 0 Å². The van der Waals surface area contributed by atoms with Crippen LogP contribution in [0.3, 0.4) is 0 Å². The maximum Gasteiger partial charge on any atom is 2.00 e. The molecule has 1 fully saturated rings. The molecule has 1 rings (SSSR count). The fourth-order valence-corrected chi connectivity index (χ4v) is 0.801. The van der Waals surface area contributed by atoms with Gasteiger partial charge in [0.25, 0.3) is 5.78 Å². The molecule has 1 saturated heterocycles. The fourth-order valence-electron chi connectivity index (χ4n) is 0.801. The third-order valence-corrected chi connectivity index (χ3v) is 1.44. The molecular formula is C6H8MgO6. The Labute approximate surface area is 92.0 Å². The molecule has 2 atom stereocenters. The number of ketones is 2. The van der Waals surface area contributed by atoms with Crippen LogP contribution in [0.15, 0.2) is 0 Å². The number of carbonyl (C=O) groups is 3. The van der Waals surface area contributed by atoms with E-state index >= 15 is 0 Å². The number of esters is 1. The summed E-state index contributed by atoms with van der Waals surface area (Å²) in [6.45, 7) is -0.739. The molecule has 0 amide bonds.